The Balaban J connectivity index is 2.10. The number of ketones is 1. The average Bonchev–Trinajstić information content (AvgIpc) is 2.48. The van der Waals surface area contributed by atoms with Gasteiger partial charge in [0.25, 0.3) is 0 Å². The van der Waals surface area contributed by atoms with Crippen LogP contribution in [-0.2, 0) is 14.3 Å². The second-order valence-electron chi connectivity index (χ2n) is 4.92. The third-order valence-corrected chi connectivity index (χ3v) is 4.87. The summed E-state index contributed by atoms with van der Waals surface area (Å²) in [5.41, 5.74) is 0. The van der Waals surface area contributed by atoms with Gasteiger partial charge in [-0.2, -0.15) is 0 Å². The van der Waals surface area contributed by atoms with Crippen molar-refractivity contribution in [1.82, 2.24) is 0 Å². The molecule has 1 aliphatic carbocycles. The van der Waals surface area contributed by atoms with E-state index < -0.39 is 5.92 Å². The molecule has 0 aliphatic heterocycles. The Morgan fingerprint density at radius 3 is 2.67 bits per heavy atom. The first-order valence-electron chi connectivity index (χ1n) is 7.15. The van der Waals surface area contributed by atoms with E-state index in [0.717, 1.165) is 23.5 Å². The Hall–Kier alpha value is -1.49. The van der Waals surface area contributed by atoms with Gasteiger partial charge in [0.2, 0.25) is 0 Å². The smallest absolute Gasteiger partial charge is 0.317 e. The predicted octanol–water partition coefficient (Wildman–Crippen LogP) is 3.09. The molecule has 0 heterocycles. The van der Waals surface area contributed by atoms with Crippen LogP contribution in [0.5, 0.6) is 5.75 Å². The molecule has 0 spiro atoms. The molecule has 1 fully saturated rings. The molecule has 0 radical (unpaired) electrons. The van der Waals surface area contributed by atoms with Crippen LogP contribution in [0.3, 0.4) is 0 Å². The summed E-state index contributed by atoms with van der Waals surface area (Å²) >= 11 is 1.57. The quantitative estimate of drug-likeness (QED) is 0.618. The minimum atomic E-state index is -0.634. The van der Waals surface area contributed by atoms with Crippen molar-refractivity contribution in [3.63, 3.8) is 0 Å². The van der Waals surface area contributed by atoms with Crippen LogP contribution in [-0.4, -0.2) is 30.7 Å². The summed E-state index contributed by atoms with van der Waals surface area (Å²) < 4.78 is 10.2. The van der Waals surface area contributed by atoms with Gasteiger partial charge in [0, 0.05) is 16.6 Å². The lowest BCUT2D eigenvalue weighted by molar-refractivity contribution is -0.152. The number of thioether (sulfide) groups is 1. The minimum absolute atomic E-state index is 0.00529. The molecule has 2 rings (SSSR count). The van der Waals surface area contributed by atoms with Crippen molar-refractivity contribution in [2.45, 2.75) is 36.3 Å². The second-order valence-corrected chi connectivity index (χ2v) is 6.23. The molecule has 2 unspecified atom stereocenters. The number of carbonyl (C=O) groups is 2. The number of Topliss-reactive ketones (excluding diaryl/α,β-unsaturated/α-hetero) is 1. The molecule has 0 saturated heterocycles. The van der Waals surface area contributed by atoms with Crippen LogP contribution < -0.4 is 4.74 Å². The third kappa shape index (κ3) is 4.00. The van der Waals surface area contributed by atoms with Crippen molar-refractivity contribution >= 4 is 23.5 Å². The van der Waals surface area contributed by atoms with Gasteiger partial charge >= 0.3 is 5.97 Å². The first-order chi connectivity index (χ1) is 10.2. The zero-order chi connectivity index (χ0) is 15.2. The second kappa shape index (κ2) is 7.50. The summed E-state index contributed by atoms with van der Waals surface area (Å²) in [5.74, 6) is -0.217. The van der Waals surface area contributed by atoms with Crippen molar-refractivity contribution in [3.8, 4) is 5.75 Å². The maximum absolute atomic E-state index is 12.1. The summed E-state index contributed by atoms with van der Waals surface area (Å²) in [7, 11) is 1.62. The van der Waals surface area contributed by atoms with Crippen LogP contribution in [0.25, 0.3) is 0 Å². The lowest BCUT2D eigenvalue weighted by atomic mass is 9.87. The maximum atomic E-state index is 12.1. The maximum Gasteiger partial charge on any atom is 0.317 e. The molecule has 1 aliphatic rings. The molecule has 4 nitrogen and oxygen atoms in total. The van der Waals surface area contributed by atoms with Crippen molar-refractivity contribution in [3.05, 3.63) is 24.3 Å². The van der Waals surface area contributed by atoms with Crippen LogP contribution in [0.2, 0.25) is 0 Å². The Morgan fingerprint density at radius 1 is 1.33 bits per heavy atom. The molecule has 114 valence electrons. The summed E-state index contributed by atoms with van der Waals surface area (Å²) in [6.45, 7) is 2.07. The highest BCUT2D eigenvalue weighted by atomic mass is 32.2. The van der Waals surface area contributed by atoms with E-state index >= 15 is 0 Å². The van der Waals surface area contributed by atoms with E-state index in [9.17, 15) is 9.59 Å². The number of hydrogen-bond donors (Lipinski definition) is 0. The van der Waals surface area contributed by atoms with Gasteiger partial charge in [-0.15, -0.1) is 11.8 Å². The minimum Gasteiger partial charge on any atom is -0.497 e. The molecule has 21 heavy (non-hydrogen) atoms. The van der Waals surface area contributed by atoms with Gasteiger partial charge in [-0.05, 0) is 44.0 Å². The normalized spacial score (nSPS) is 21.9. The van der Waals surface area contributed by atoms with Gasteiger partial charge in [0.1, 0.15) is 17.5 Å². The Labute approximate surface area is 129 Å². The van der Waals surface area contributed by atoms with Crippen LogP contribution in [0.4, 0.5) is 0 Å². The number of rotatable bonds is 5. The molecule has 1 aromatic carbocycles. The van der Waals surface area contributed by atoms with Gasteiger partial charge < -0.3 is 9.47 Å². The SMILES string of the molecule is CCOC(=O)C1C(=O)CCCC1Sc1ccc(OC)cc1. The molecule has 5 heteroatoms. The van der Waals surface area contributed by atoms with E-state index in [2.05, 4.69) is 0 Å². The zero-order valence-electron chi connectivity index (χ0n) is 12.3. The topological polar surface area (TPSA) is 52.6 Å². The van der Waals surface area contributed by atoms with Gasteiger partial charge in [0.05, 0.1) is 13.7 Å². The molecular weight excluding hydrogens is 288 g/mol. The molecule has 0 amide bonds. The van der Waals surface area contributed by atoms with Gasteiger partial charge in [-0.3, -0.25) is 9.59 Å². The molecule has 0 aromatic heterocycles. The molecular formula is C16H20O4S. The number of ether oxygens (including phenoxy) is 2. The number of methoxy groups -OCH3 is 1. The standard InChI is InChI=1S/C16H20O4S/c1-3-20-16(18)15-13(17)5-4-6-14(15)21-12-9-7-11(19-2)8-10-12/h7-10,14-15H,3-6H2,1-2H3. The van der Waals surface area contributed by atoms with E-state index in [1.807, 2.05) is 24.3 Å². The van der Waals surface area contributed by atoms with E-state index in [4.69, 9.17) is 9.47 Å². The van der Waals surface area contributed by atoms with E-state index in [1.54, 1.807) is 25.8 Å². The summed E-state index contributed by atoms with van der Waals surface area (Å²) in [6, 6.07) is 7.66. The Morgan fingerprint density at radius 2 is 2.05 bits per heavy atom. The lowest BCUT2D eigenvalue weighted by Gasteiger charge is -2.28. The number of hydrogen-bond acceptors (Lipinski definition) is 5. The lowest BCUT2D eigenvalue weighted by Crippen LogP contribution is -2.38. The molecule has 0 N–H and O–H groups in total. The van der Waals surface area contributed by atoms with Crippen LogP contribution in [0, 0.1) is 5.92 Å². The first-order valence-corrected chi connectivity index (χ1v) is 8.03. The van der Waals surface area contributed by atoms with Crippen molar-refractivity contribution in [2.75, 3.05) is 13.7 Å². The predicted molar refractivity (Wildman–Crippen MR) is 81.6 cm³/mol. The molecule has 2 atom stereocenters. The fourth-order valence-corrected chi connectivity index (χ4v) is 3.80. The first kappa shape index (κ1) is 15.9. The summed E-state index contributed by atoms with van der Waals surface area (Å²) in [6.07, 6.45) is 2.16. The van der Waals surface area contributed by atoms with Crippen LogP contribution in [0.15, 0.2) is 29.2 Å². The highest BCUT2D eigenvalue weighted by Gasteiger charge is 2.38. The average molecular weight is 308 g/mol. The van der Waals surface area contributed by atoms with Crippen molar-refractivity contribution in [1.29, 1.82) is 0 Å². The van der Waals surface area contributed by atoms with E-state index in [-0.39, 0.29) is 17.0 Å². The Kier molecular flexibility index (Phi) is 5.67. The van der Waals surface area contributed by atoms with Gasteiger partial charge in [0.15, 0.2) is 0 Å². The zero-order valence-corrected chi connectivity index (χ0v) is 13.2. The van der Waals surface area contributed by atoms with Crippen molar-refractivity contribution < 1.29 is 19.1 Å². The Bertz CT molecular complexity index is 498. The highest BCUT2D eigenvalue weighted by molar-refractivity contribution is 8.00. The van der Waals surface area contributed by atoms with Crippen LogP contribution >= 0.6 is 11.8 Å². The van der Waals surface area contributed by atoms with Crippen LogP contribution in [0.1, 0.15) is 26.2 Å². The molecule has 1 aromatic rings. The largest absolute Gasteiger partial charge is 0.497 e. The summed E-state index contributed by atoms with van der Waals surface area (Å²) in [4.78, 5) is 25.1. The van der Waals surface area contributed by atoms with E-state index in [1.165, 1.54) is 0 Å². The fourth-order valence-electron chi connectivity index (χ4n) is 2.48. The van der Waals surface area contributed by atoms with Gasteiger partial charge in [-0.25, -0.2) is 0 Å². The fraction of sp³-hybridized carbons (Fsp3) is 0.500. The molecule has 0 bridgehead atoms. The number of esters is 1. The van der Waals surface area contributed by atoms with Crippen molar-refractivity contribution in [2.24, 2.45) is 5.92 Å². The monoisotopic (exact) mass is 308 g/mol. The third-order valence-electron chi connectivity index (χ3n) is 3.52. The molecule has 1 saturated carbocycles. The summed E-state index contributed by atoms with van der Waals surface area (Å²) in [5, 5.41) is -0.0429. The number of carbonyl (C=O) groups excluding carboxylic acids is 2. The highest BCUT2D eigenvalue weighted by Crippen LogP contribution is 2.37. The van der Waals surface area contributed by atoms with E-state index in [0.29, 0.717) is 13.0 Å². The number of benzene rings is 1. The van der Waals surface area contributed by atoms with Gasteiger partial charge in [-0.1, -0.05) is 0 Å².